The summed E-state index contributed by atoms with van der Waals surface area (Å²) in [6.45, 7) is 2.82. The fourth-order valence-corrected chi connectivity index (χ4v) is 3.11. The van der Waals surface area contributed by atoms with Gasteiger partial charge in [0.1, 0.15) is 5.76 Å². The van der Waals surface area contributed by atoms with Crippen molar-refractivity contribution in [1.82, 2.24) is 20.3 Å². The van der Waals surface area contributed by atoms with Crippen LogP contribution in [0, 0.1) is 6.92 Å². The Morgan fingerprint density at radius 1 is 1.52 bits per heavy atom. The predicted molar refractivity (Wildman–Crippen MR) is 83.0 cm³/mol. The lowest BCUT2D eigenvalue weighted by molar-refractivity contribution is -0.135. The van der Waals surface area contributed by atoms with E-state index in [4.69, 9.17) is 9.26 Å². The maximum absolute atomic E-state index is 12.7. The van der Waals surface area contributed by atoms with Crippen LogP contribution in [0.2, 0.25) is 0 Å². The highest BCUT2D eigenvalue weighted by Crippen LogP contribution is 2.32. The Hall–Kier alpha value is -2.31. The van der Waals surface area contributed by atoms with Gasteiger partial charge in [0, 0.05) is 25.5 Å². The molecule has 1 saturated heterocycles. The first-order valence-electron chi connectivity index (χ1n) is 7.98. The van der Waals surface area contributed by atoms with Gasteiger partial charge in [-0.1, -0.05) is 0 Å². The van der Waals surface area contributed by atoms with Crippen LogP contribution in [0.5, 0.6) is 5.88 Å². The maximum atomic E-state index is 12.7. The molecule has 0 spiro atoms. The Balaban J connectivity index is 1.65. The van der Waals surface area contributed by atoms with Gasteiger partial charge in [-0.05, 0) is 36.9 Å². The molecule has 1 atom stereocenters. The van der Waals surface area contributed by atoms with Crippen molar-refractivity contribution in [1.29, 1.82) is 0 Å². The van der Waals surface area contributed by atoms with Gasteiger partial charge in [-0.2, -0.15) is 5.10 Å². The number of aromatic nitrogens is 3. The summed E-state index contributed by atoms with van der Waals surface area (Å²) in [6.07, 6.45) is 5.90. The molecule has 2 aromatic heterocycles. The van der Waals surface area contributed by atoms with Gasteiger partial charge in [-0.15, -0.1) is 0 Å². The van der Waals surface area contributed by atoms with Crippen LogP contribution in [0.1, 0.15) is 48.7 Å². The summed E-state index contributed by atoms with van der Waals surface area (Å²) in [5.41, 5.74) is 2.16. The van der Waals surface area contributed by atoms with Crippen molar-refractivity contribution in [2.75, 3.05) is 13.7 Å². The molecule has 2 aromatic rings. The number of aromatic amines is 1. The fourth-order valence-electron chi connectivity index (χ4n) is 3.11. The highest BCUT2D eigenvalue weighted by Gasteiger charge is 2.29. The number of carbonyl (C=O) groups excluding carboxylic acids is 1. The van der Waals surface area contributed by atoms with Crippen molar-refractivity contribution < 1.29 is 14.1 Å². The Bertz CT molecular complexity index is 664. The van der Waals surface area contributed by atoms with Gasteiger partial charge in [0.25, 0.3) is 5.88 Å². The molecule has 1 aliphatic heterocycles. The number of aryl methyl sites for hydroxylation is 2. The summed E-state index contributed by atoms with van der Waals surface area (Å²) >= 11 is 0. The third-order valence-electron chi connectivity index (χ3n) is 4.36. The minimum atomic E-state index is 0.100. The van der Waals surface area contributed by atoms with E-state index < -0.39 is 0 Å². The summed E-state index contributed by atoms with van der Waals surface area (Å²) in [7, 11) is 1.54. The number of rotatable bonds is 5. The Morgan fingerprint density at radius 3 is 3.09 bits per heavy atom. The molecule has 3 heterocycles. The number of carbonyl (C=O) groups is 1. The molecule has 0 unspecified atom stereocenters. The lowest BCUT2D eigenvalue weighted by Crippen LogP contribution is -2.39. The molecule has 7 heteroatoms. The SMILES string of the molecule is COc1cc(CCC(=O)N2CCCC[C@@H]2c2[nH]ncc2C)on1. The molecule has 23 heavy (non-hydrogen) atoms. The van der Waals surface area contributed by atoms with E-state index in [-0.39, 0.29) is 11.9 Å². The van der Waals surface area contributed by atoms with Gasteiger partial charge in [0.2, 0.25) is 5.91 Å². The predicted octanol–water partition coefficient (Wildman–Crippen LogP) is 2.40. The first-order valence-corrected chi connectivity index (χ1v) is 7.98. The molecular formula is C16H22N4O3. The van der Waals surface area contributed by atoms with Crippen molar-refractivity contribution >= 4 is 5.91 Å². The minimum absolute atomic E-state index is 0.100. The molecule has 0 saturated carbocycles. The highest BCUT2D eigenvalue weighted by atomic mass is 16.5. The number of ether oxygens (including phenoxy) is 1. The third-order valence-corrected chi connectivity index (χ3v) is 4.36. The van der Waals surface area contributed by atoms with E-state index in [1.807, 2.05) is 18.0 Å². The molecule has 1 N–H and O–H groups in total. The van der Waals surface area contributed by atoms with E-state index in [1.54, 1.807) is 6.07 Å². The maximum Gasteiger partial charge on any atom is 0.254 e. The lowest BCUT2D eigenvalue weighted by atomic mass is 9.97. The molecule has 124 valence electrons. The number of hydrogen-bond donors (Lipinski definition) is 1. The summed E-state index contributed by atoms with van der Waals surface area (Å²) in [5.74, 6) is 1.25. The quantitative estimate of drug-likeness (QED) is 0.915. The topological polar surface area (TPSA) is 84.2 Å². The first-order chi connectivity index (χ1) is 11.2. The van der Waals surface area contributed by atoms with Crippen LogP contribution in [-0.2, 0) is 11.2 Å². The molecule has 0 aromatic carbocycles. The zero-order valence-electron chi connectivity index (χ0n) is 13.5. The second kappa shape index (κ2) is 6.85. The van der Waals surface area contributed by atoms with E-state index in [1.165, 1.54) is 7.11 Å². The van der Waals surface area contributed by atoms with Crippen molar-refractivity contribution in [3.8, 4) is 5.88 Å². The second-order valence-corrected chi connectivity index (χ2v) is 5.90. The monoisotopic (exact) mass is 318 g/mol. The molecule has 1 amide bonds. The Labute approximate surface area is 135 Å². The Morgan fingerprint density at radius 2 is 2.39 bits per heavy atom. The molecular weight excluding hydrogens is 296 g/mol. The van der Waals surface area contributed by atoms with Crippen LogP contribution < -0.4 is 4.74 Å². The smallest absolute Gasteiger partial charge is 0.254 e. The van der Waals surface area contributed by atoms with Crippen molar-refractivity contribution in [3.63, 3.8) is 0 Å². The normalized spacial score (nSPS) is 18.2. The van der Waals surface area contributed by atoms with Gasteiger partial charge in [0.15, 0.2) is 0 Å². The largest absolute Gasteiger partial charge is 0.479 e. The molecule has 0 bridgehead atoms. The summed E-state index contributed by atoms with van der Waals surface area (Å²) in [5, 5.41) is 10.9. The van der Waals surface area contributed by atoms with E-state index in [9.17, 15) is 4.79 Å². The van der Waals surface area contributed by atoms with E-state index >= 15 is 0 Å². The van der Waals surface area contributed by atoms with Gasteiger partial charge in [-0.25, -0.2) is 0 Å². The van der Waals surface area contributed by atoms with Gasteiger partial charge in [-0.3, -0.25) is 9.89 Å². The number of nitrogens with one attached hydrogen (secondary N) is 1. The summed E-state index contributed by atoms with van der Waals surface area (Å²) in [4.78, 5) is 14.6. The van der Waals surface area contributed by atoms with Crippen molar-refractivity contribution in [2.24, 2.45) is 0 Å². The van der Waals surface area contributed by atoms with E-state index in [0.29, 0.717) is 24.5 Å². The first kappa shape index (κ1) is 15.6. The highest BCUT2D eigenvalue weighted by molar-refractivity contribution is 5.77. The lowest BCUT2D eigenvalue weighted by Gasteiger charge is -2.35. The summed E-state index contributed by atoms with van der Waals surface area (Å²) < 4.78 is 10.1. The van der Waals surface area contributed by atoms with Gasteiger partial charge < -0.3 is 14.2 Å². The van der Waals surface area contributed by atoms with Crippen LogP contribution >= 0.6 is 0 Å². The van der Waals surface area contributed by atoms with Crippen LogP contribution in [0.3, 0.4) is 0 Å². The molecule has 0 aliphatic carbocycles. The standard InChI is InChI=1S/C16H22N4O3/c1-11-10-17-18-16(11)13-5-3-4-8-20(13)15(21)7-6-12-9-14(22-2)19-23-12/h9-10,13H,3-8H2,1-2H3,(H,17,18)/t13-/m1/s1. The fraction of sp³-hybridized carbons (Fsp3) is 0.562. The number of hydrogen-bond acceptors (Lipinski definition) is 5. The number of methoxy groups -OCH3 is 1. The molecule has 0 radical (unpaired) electrons. The summed E-state index contributed by atoms with van der Waals surface area (Å²) in [6, 6.07) is 1.82. The van der Waals surface area contributed by atoms with Gasteiger partial charge >= 0.3 is 0 Å². The molecule has 1 aliphatic rings. The average molecular weight is 318 g/mol. The van der Waals surface area contributed by atoms with Crippen molar-refractivity contribution in [3.05, 3.63) is 29.3 Å². The van der Waals surface area contributed by atoms with E-state index in [0.717, 1.165) is 37.1 Å². The van der Waals surface area contributed by atoms with Crippen LogP contribution in [0.25, 0.3) is 0 Å². The molecule has 3 rings (SSSR count). The molecule has 7 nitrogen and oxygen atoms in total. The zero-order chi connectivity index (χ0) is 16.2. The van der Waals surface area contributed by atoms with Crippen LogP contribution in [0.4, 0.5) is 0 Å². The number of nitrogens with zero attached hydrogens (tertiary/aromatic N) is 3. The average Bonchev–Trinajstić information content (AvgIpc) is 3.21. The number of H-pyrrole nitrogens is 1. The number of piperidine rings is 1. The van der Waals surface area contributed by atoms with Crippen LogP contribution in [-0.4, -0.2) is 39.8 Å². The van der Waals surface area contributed by atoms with E-state index in [2.05, 4.69) is 15.4 Å². The minimum Gasteiger partial charge on any atom is -0.479 e. The van der Waals surface area contributed by atoms with Crippen molar-refractivity contribution in [2.45, 2.75) is 45.1 Å². The zero-order valence-corrected chi connectivity index (χ0v) is 13.5. The number of amides is 1. The van der Waals surface area contributed by atoms with Gasteiger partial charge in [0.05, 0.1) is 25.0 Å². The van der Waals surface area contributed by atoms with Crippen LogP contribution in [0.15, 0.2) is 16.8 Å². The number of likely N-dealkylation sites (tertiary alicyclic amines) is 1. The second-order valence-electron chi connectivity index (χ2n) is 5.90. The molecule has 1 fully saturated rings. The Kier molecular flexibility index (Phi) is 4.64. The third kappa shape index (κ3) is 3.38.